The number of hydrogen-bond donors (Lipinski definition) is 0. The van der Waals surface area contributed by atoms with Crippen molar-refractivity contribution < 1.29 is 4.74 Å². The molecule has 0 bridgehead atoms. The molecule has 0 unspecified atom stereocenters. The number of ether oxygens (including phenoxy) is 1. The number of rotatable bonds is 7. The Morgan fingerprint density at radius 2 is 2.18 bits per heavy atom. The number of hydrogen-bond acceptors (Lipinski definition) is 1. The minimum Gasteiger partial charge on any atom is -0.377 e. The Balaban J connectivity index is 2.94. The summed E-state index contributed by atoms with van der Waals surface area (Å²) < 4.78 is 5.30. The maximum Gasteiger partial charge on any atom is 0.0647 e. The van der Waals surface area contributed by atoms with Crippen LogP contribution >= 0.6 is 0 Å². The molecule has 0 aliphatic carbocycles. The third kappa shape index (κ3) is 9.44. The lowest BCUT2D eigenvalue weighted by atomic mass is 10.3. The van der Waals surface area contributed by atoms with Crippen molar-refractivity contribution in [3.05, 3.63) is 24.8 Å². The average molecular weight is 154 g/mol. The molecule has 0 heterocycles. The fourth-order valence-corrected chi connectivity index (χ4v) is 0.658. The Kier molecular flexibility index (Phi) is 8.96. The summed E-state index contributed by atoms with van der Waals surface area (Å²) in [5, 5.41) is 0. The van der Waals surface area contributed by atoms with Gasteiger partial charge in [0, 0.05) is 6.61 Å². The standard InChI is InChI=1S/C10H18O/c1-3-5-7-8-10-11-9-6-4-2/h3,7-8H,1,4-6,9-10H2,2H3. The van der Waals surface area contributed by atoms with E-state index in [4.69, 9.17) is 4.74 Å². The van der Waals surface area contributed by atoms with E-state index in [1.165, 1.54) is 6.42 Å². The minimum absolute atomic E-state index is 0.744. The zero-order valence-electron chi connectivity index (χ0n) is 7.38. The summed E-state index contributed by atoms with van der Waals surface area (Å²) in [6.45, 7) is 7.41. The van der Waals surface area contributed by atoms with E-state index in [0.717, 1.165) is 26.1 Å². The van der Waals surface area contributed by atoms with E-state index >= 15 is 0 Å². The quantitative estimate of drug-likeness (QED) is 0.404. The van der Waals surface area contributed by atoms with Crippen molar-refractivity contribution in [2.24, 2.45) is 0 Å². The number of unbranched alkanes of at least 4 members (excludes halogenated alkanes) is 1. The van der Waals surface area contributed by atoms with E-state index in [0.29, 0.717) is 0 Å². The highest BCUT2D eigenvalue weighted by Crippen LogP contribution is 1.89. The van der Waals surface area contributed by atoms with Gasteiger partial charge in [0.05, 0.1) is 6.61 Å². The van der Waals surface area contributed by atoms with Gasteiger partial charge >= 0.3 is 0 Å². The molecule has 0 aromatic rings. The van der Waals surface area contributed by atoms with Gasteiger partial charge in [0.25, 0.3) is 0 Å². The van der Waals surface area contributed by atoms with Crippen molar-refractivity contribution in [3.8, 4) is 0 Å². The summed E-state index contributed by atoms with van der Waals surface area (Å²) in [7, 11) is 0. The Morgan fingerprint density at radius 3 is 2.82 bits per heavy atom. The Bertz CT molecular complexity index is 105. The molecule has 1 heteroatoms. The molecule has 0 aromatic heterocycles. The fraction of sp³-hybridized carbons (Fsp3) is 0.600. The van der Waals surface area contributed by atoms with Gasteiger partial charge in [-0.1, -0.05) is 31.6 Å². The second-order valence-corrected chi connectivity index (χ2v) is 2.42. The van der Waals surface area contributed by atoms with Crippen LogP contribution in [-0.2, 0) is 4.74 Å². The van der Waals surface area contributed by atoms with E-state index in [-0.39, 0.29) is 0 Å². The van der Waals surface area contributed by atoms with Crippen molar-refractivity contribution in [2.45, 2.75) is 26.2 Å². The van der Waals surface area contributed by atoms with Crippen LogP contribution in [0.25, 0.3) is 0 Å². The van der Waals surface area contributed by atoms with Gasteiger partial charge in [-0.25, -0.2) is 0 Å². The Labute approximate surface area is 69.8 Å². The highest BCUT2D eigenvalue weighted by molar-refractivity contribution is 4.88. The van der Waals surface area contributed by atoms with Crippen LogP contribution in [0.1, 0.15) is 26.2 Å². The van der Waals surface area contributed by atoms with E-state index in [2.05, 4.69) is 19.6 Å². The summed E-state index contributed by atoms with van der Waals surface area (Å²) in [5.74, 6) is 0. The lowest BCUT2D eigenvalue weighted by Crippen LogP contribution is -1.92. The molecule has 0 fully saturated rings. The molecule has 0 saturated carbocycles. The minimum atomic E-state index is 0.744. The van der Waals surface area contributed by atoms with Gasteiger partial charge in [-0.05, 0) is 12.8 Å². The molecule has 0 saturated heterocycles. The summed E-state index contributed by atoms with van der Waals surface area (Å²) >= 11 is 0. The van der Waals surface area contributed by atoms with E-state index in [9.17, 15) is 0 Å². The summed E-state index contributed by atoms with van der Waals surface area (Å²) in [6.07, 6.45) is 9.29. The van der Waals surface area contributed by atoms with Gasteiger partial charge < -0.3 is 4.74 Å². The van der Waals surface area contributed by atoms with Crippen LogP contribution in [0.5, 0.6) is 0 Å². The van der Waals surface area contributed by atoms with Crippen LogP contribution in [0, 0.1) is 0 Å². The maximum absolute atomic E-state index is 5.30. The largest absolute Gasteiger partial charge is 0.377 e. The molecule has 0 spiro atoms. The summed E-state index contributed by atoms with van der Waals surface area (Å²) in [4.78, 5) is 0. The topological polar surface area (TPSA) is 9.23 Å². The molecule has 1 nitrogen and oxygen atoms in total. The van der Waals surface area contributed by atoms with E-state index in [1.54, 1.807) is 0 Å². The smallest absolute Gasteiger partial charge is 0.0647 e. The molecule has 64 valence electrons. The van der Waals surface area contributed by atoms with Crippen molar-refractivity contribution in [1.29, 1.82) is 0 Å². The van der Waals surface area contributed by atoms with Crippen LogP contribution in [0.3, 0.4) is 0 Å². The van der Waals surface area contributed by atoms with Gasteiger partial charge in [0.15, 0.2) is 0 Å². The second-order valence-electron chi connectivity index (χ2n) is 2.42. The monoisotopic (exact) mass is 154 g/mol. The van der Waals surface area contributed by atoms with Crippen molar-refractivity contribution in [2.75, 3.05) is 13.2 Å². The van der Waals surface area contributed by atoms with Gasteiger partial charge in [-0.2, -0.15) is 0 Å². The first-order valence-corrected chi connectivity index (χ1v) is 4.25. The molecule has 0 aromatic carbocycles. The average Bonchev–Trinajstić information content (AvgIpc) is 2.03. The first-order chi connectivity index (χ1) is 5.41. The molecule has 0 aliphatic rings. The van der Waals surface area contributed by atoms with Gasteiger partial charge in [0.2, 0.25) is 0 Å². The van der Waals surface area contributed by atoms with Crippen LogP contribution in [0.15, 0.2) is 24.8 Å². The predicted molar refractivity (Wildman–Crippen MR) is 49.7 cm³/mol. The summed E-state index contributed by atoms with van der Waals surface area (Å²) in [6, 6.07) is 0. The molecular weight excluding hydrogens is 136 g/mol. The molecule has 0 aliphatic heterocycles. The lowest BCUT2D eigenvalue weighted by molar-refractivity contribution is 0.159. The van der Waals surface area contributed by atoms with Gasteiger partial charge in [0.1, 0.15) is 0 Å². The third-order valence-corrected chi connectivity index (χ3v) is 1.33. The number of allylic oxidation sites excluding steroid dienone is 2. The molecule has 11 heavy (non-hydrogen) atoms. The zero-order valence-corrected chi connectivity index (χ0v) is 7.38. The van der Waals surface area contributed by atoms with Crippen molar-refractivity contribution in [1.82, 2.24) is 0 Å². The highest BCUT2D eigenvalue weighted by atomic mass is 16.5. The molecule has 0 radical (unpaired) electrons. The first-order valence-electron chi connectivity index (χ1n) is 4.25. The summed E-state index contributed by atoms with van der Waals surface area (Å²) in [5.41, 5.74) is 0. The molecule has 0 atom stereocenters. The SMILES string of the molecule is C=CCC=CCOCCCC. The molecule has 0 N–H and O–H groups in total. The predicted octanol–water partition coefficient (Wildman–Crippen LogP) is 2.94. The second kappa shape index (κ2) is 9.44. The third-order valence-electron chi connectivity index (χ3n) is 1.33. The molecule has 0 amide bonds. The van der Waals surface area contributed by atoms with Crippen molar-refractivity contribution >= 4 is 0 Å². The van der Waals surface area contributed by atoms with Crippen LogP contribution in [0.2, 0.25) is 0 Å². The van der Waals surface area contributed by atoms with E-state index in [1.807, 2.05) is 12.2 Å². The van der Waals surface area contributed by atoms with Crippen LogP contribution < -0.4 is 0 Å². The Morgan fingerprint density at radius 1 is 1.36 bits per heavy atom. The van der Waals surface area contributed by atoms with Gasteiger partial charge in [-0.3, -0.25) is 0 Å². The van der Waals surface area contributed by atoms with Crippen LogP contribution in [-0.4, -0.2) is 13.2 Å². The van der Waals surface area contributed by atoms with Crippen molar-refractivity contribution in [3.63, 3.8) is 0 Å². The first kappa shape index (κ1) is 10.4. The highest BCUT2D eigenvalue weighted by Gasteiger charge is 1.81. The lowest BCUT2D eigenvalue weighted by Gasteiger charge is -1.96. The zero-order chi connectivity index (χ0) is 8.36. The molecule has 0 rings (SSSR count). The fourth-order valence-electron chi connectivity index (χ4n) is 0.658. The van der Waals surface area contributed by atoms with E-state index < -0.39 is 0 Å². The molecular formula is C10H18O. The Hall–Kier alpha value is -0.560. The van der Waals surface area contributed by atoms with Gasteiger partial charge in [-0.15, -0.1) is 6.58 Å². The normalized spacial score (nSPS) is 10.6. The van der Waals surface area contributed by atoms with Crippen LogP contribution in [0.4, 0.5) is 0 Å². The maximum atomic E-state index is 5.30.